The van der Waals surface area contributed by atoms with E-state index in [4.69, 9.17) is 5.11 Å². The molecule has 1 atom stereocenters. The Kier molecular flexibility index (Phi) is 3.23. The predicted octanol–water partition coefficient (Wildman–Crippen LogP) is 1.53. The van der Waals surface area contributed by atoms with E-state index >= 15 is 0 Å². The molecule has 1 unspecified atom stereocenters. The van der Waals surface area contributed by atoms with Crippen molar-refractivity contribution in [1.82, 2.24) is 4.57 Å². The molecule has 4 nitrogen and oxygen atoms in total. The Balaban J connectivity index is 2.76. The van der Waals surface area contributed by atoms with Crippen LogP contribution in [-0.4, -0.2) is 35.8 Å². The van der Waals surface area contributed by atoms with Crippen LogP contribution >= 0.6 is 0 Å². The molecule has 15 heavy (non-hydrogen) atoms. The Morgan fingerprint density at radius 2 is 2.13 bits per heavy atom. The molecule has 0 aromatic rings. The van der Waals surface area contributed by atoms with Crippen molar-refractivity contribution in [1.29, 1.82) is 0 Å². The summed E-state index contributed by atoms with van der Waals surface area (Å²) in [6.07, 6.45) is 0.184. The average molecular weight is 229 g/mol. The van der Waals surface area contributed by atoms with Crippen LogP contribution in [0.1, 0.15) is 20.3 Å². The van der Waals surface area contributed by atoms with Gasteiger partial charge in [0.15, 0.2) is 8.24 Å². The molecule has 1 aliphatic heterocycles. The van der Waals surface area contributed by atoms with Gasteiger partial charge in [-0.3, -0.25) is 9.59 Å². The van der Waals surface area contributed by atoms with E-state index in [2.05, 4.69) is 26.9 Å². The Morgan fingerprint density at radius 1 is 1.60 bits per heavy atom. The second-order valence-corrected chi connectivity index (χ2v) is 9.75. The van der Waals surface area contributed by atoms with Gasteiger partial charge in [0.25, 0.3) is 0 Å². The zero-order valence-electron chi connectivity index (χ0n) is 9.78. The lowest BCUT2D eigenvalue weighted by Gasteiger charge is -2.48. The van der Waals surface area contributed by atoms with E-state index in [0.717, 1.165) is 6.04 Å². The minimum Gasteiger partial charge on any atom is -0.480 e. The molecule has 0 aliphatic carbocycles. The van der Waals surface area contributed by atoms with Crippen molar-refractivity contribution in [2.45, 2.75) is 45.4 Å². The topological polar surface area (TPSA) is 57.6 Å². The third kappa shape index (κ3) is 2.39. The number of rotatable bonds is 4. The number of carbonyl (C=O) groups excluding carboxylic acids is 1. The molecule has 1 fully saturated rings. The molecule has 1 amide bonds. The van der Waals surface area contributed by atoms with Crippen molar-refractivity contribution in [3.63, 3.8) is 0 Å². The van der Waals surface area contributed by atoms with Gasteiger partial charge in [-0.2, -0.15) is 0 Å². The van der Waals surface area contributed by atoms with Gasteiger partial charge in [0.2, 0.25) is 5.91 Å². The fourth-order valence-electron chi connectivity index (χ4n) is 2.47. The van der Waals surface area contributed by atoms with Gasteiger partial charge in [0.1, 0.15) is 6.04 Å². The van der Waals surface area contributed by atoms with E-state index in [-0.39, 0.29) is 12.3 Å². The van der Waals surface area contributed by atoms with Gasteiger partial charge in [0, 0.05) is 0 Å². The monoisotopic (exact) mass is 229 g/mol. The molecule has 0 aromatic heterocycles. The maximum atomic E-state index is 11.5. The molecule has 0 aromatic carbocycles. The number of carboxylic acid groups (broad SMARTS) is 1. The highest BCUT2D eigenvalue weighted by Crippen LogP contribution is 2.31. The van der Waals surface area contributed by atoms with Crippen LogP contribution in [0.5, 0.6) is 0 Å². The Bertz CT molecular complexity index is 288. The number of hydrogen-bond acceptors (Lipinski definition) is 2. The number of amides is 1. The predicted molar refractivity (Wildman–Crippen MR) is 60.0 cm³/mol. The maximum absolute atomic E-state index is 11.5. The SMILES string of the molecule is CC(C)C[Si](C)(C)N1C(=O)CC1C(=O)O. The van der Waals surface area contributed by atoms with Gasteiger partial charge >= 0.3 is 5.97 Å². The van der Waals surface area contributed by atoms with Crippen LogP contribution in [0.4, 0.5) is 0 Å². The number of aliphatic carboxylic acids is 1. The van der Waals surface area contributed by atoms with E-state index in [1.807, 2.05) is 0 Å². The molecule has 0 spiro atoms. The molecule has 0 radical (unpaired) electrons. The fraction of sp³-hybridized carbons (Fsp3) is 0.800. The highest BCUT2D eigenvalue weighted by molar-refractivity contribution is 6.77. The fourth-order valence-corrected chi connectivity index (χ4v) is 6.48. The van der Waals surface area contributed by atoms with Gasteiger partial charge in [-0.25, -0.2) is 0 Å². The summed E-state index contributed by atoms with van der Waals surface area (Å²) in [6, 6.07) is 0.403. The minimum absolute atomic E-state index is 0.0136. The summed E-state index contributed by atoms with van der Waals surface area (Å²) in [4.78, 5) is 22.4. The Labute approximate surface area is 91.4 Å². The number of hydrogen-bond donors (Lipinski definition) is 1. The second kappa shape index (κ2) is 3.96. The summed E-state index contributed by atoms with van der Waals surface area (Å²) in [7, 11) is -1.87. The molecule has 5 heteroatoms. The van der Waals surface area contributed by atoms with E-state index in [0.29, 0.717) is 5.92 Å². The van der Waals surface area contributed by atoms with Gasteiger partial charge < -0.3 is 9.67 Å². The van der Waals surface area contributed by atoms with Crippen molar-refractivity contribution < 1.29 is 14.7 Å². The van der Waals surface area contributed by atoms with E-state index < -0.39 is 20.2 Å². The van der Waals surface area contributed by atoms with Crippen molar-refractivity contribution in [3.05, 3.63) is 0 Å². The number of carbonyl (C=O) groups is 2. The highest BCUT2D eigenvalue weighted by Gasteiger charge is 2.49. The summed E-state index contributed by atoms with van der Waals surface area (Å²) in [5.41, 5.74) is 0. The van der Waals surface area contributed by atoms with Crippen molar-refractivity contribution in [2.24, 2.45) is 5.92 Å². The number of nitrogens with zero attached hydrogens (tertiary/aromatic N) is 1. The quantitative estimate of drug-likeness (QED) is 0.587. The molecule has 0 saturated carbocycles. The van der Waals surface area contributed by atoms with Crippen LogP contribution in [0, 0.1) is 5.92 Å². The van der Waals surface area contributed by atoms with Gasteiger partial charge in [-0.05, 0) is 12.0 Å². The standard InChI is InChI=1S/C10H19NO3Si/c1-7(2)6-15(3,4)11-8(10(13)14)5-9(11)12/h7-8H,5-6H2,1-4H3,(H,13,14). The third-order valence-corrected chi connectivity index (χ3v) is 6.47. The number of β-lactam (4-membered cyclic amide) rings is 1. The Morgan fingerprint density at radius 3 is 2.47 bits per heavy atom. The summed E-state index contributed by atoms with van der Waals surface area (Å²) in [6.45, 7) is 8.35. The summed E-state index contributed by atoms with van der Waals surface area (Å²) in [5.74, 6) is -0.340. The van der Waals surface area contributed by atoms with Crippen LogP contribution in [0.25, 0.3) is 0 Å². The molecule has 1 saturated heterocycles. The van der Waals surface area contributed by atoms with Crippen molar-refractivity contribution >= 4 is 20.1 Å². The smallest absolute Gasteiger partial charge is 0.326 e. The molecule has 1 N–H and O–H groups in total. The Hall–Kier alpha value is -0.843. The van der Waals surface area contributed by atoms with E-state index in [1.165, 1.54) is 0 Å². The highest BCUT2D eigenvalue weighted by atomic mass is 28.3. The first-order valence-electron chi connectivity index (χ1n) is 5.30. The lowest BCUT2D eigenvalue weighted by Crippen LogP contribution is -2.67. The average Bonchev–Trinajstić information content (AvgIpc) is 1.94. The summed E-state index contributed by atoms with van der Waals surface area (Å²) in [5, 5.41) is 8.95. The molecule has 0 bridgehead atoms. The molecular formula is C10H19NO3Si. The minimum atomic E-state index is -1.87. The van der Waals surface area contributed by atoms with Crippen LogP contribution in [0.2, 0.25) is 19.1 Å². The molecule has 86 valence electrons. The van der Waals surface area contributed by atoms with E-state index in [9.17, 15) is 9.59 Å². The first kappa shape index (κ1) is 12.2. The third-order valence-electron chi connectivity index (χ3n) is 2.79. The lowest BCUT2D eigenvalue weighted by molar-refractivity contribution is -0.156. The van der Waals surface area contributed by atoms with Gasteiger partial charge in [0.05, 0.1) is 6.42 Å². The van der Waals surface area contributed by atoms with Crippen LogP contribution < -0.4 is 0 Å². The second-order valence-electron chi connectivity index (χ2n) is 5.23. The lowest BCUT2D eigenvalue weighted by atomic mass is 10.1. The normalized spacial score (nSPS) is 21.8. The van der Waals surface area contributed by atoms with Crippen LogP contribution in [0.3, 0.4) is 0 Å². The molecule has 1 heterocycles. The first-order valence-corrected chi connectivity index (χ1v) is 8.46. The zero-order chi connectivity index (χ0) is 11.8. The van der Waals surface area contributed by atoms with Crippen LogP contribution in [0.15, 0.2) is 0 Å². The zero-order valence-corrected chi connectivity index (χ0v) is 10.8. The summed E-state index contributed by atoms with van der Waals surface area (Å²) >= 11 is 0. The summed E-state index contributed by atoms with van der Waals surface area (Å²) < 4.78 is 1.65. The van der Waals surface area contributed by atoms with Gasteiger partial charge in [-0.15, -0.1) is 0 Å². The maximum Gasteiger partial charge on any atom is 0.326 e. The van der Waals surface area contributed by atoms with Crippen LogP contribution in [-0.2, 0) is 9.59 Å². The molecular weight excluding hydrogens is 210 g/mol. The largest absolute Gasteiger partial charge is 0.480 e. The van der Waals surface area contributed by atoms with Crippen molar-refractivity contribution in [2.75, 3.05) is 0 Å². The van der Waals surface area contributed by atoms with E-state index in [1.54, 1.807) is 4.57 Å². The first-order chi connectivity index (χ1) is 6.75. The molecule has 1 rings (SSSR count). The molecule has 1 aliphatic rings. The van der Waals surface area contributed by atoms with Crippen molar-refractivity contribution in [3.8, 4) is 0 Å². The number of carboxylic acids is 1. The van der Waals surface area contributed by atoms with Gasteiger partial charge in [-0.1, -0.05) is 26.9 Å².